The van der Waals surface area contributed by atoms with Gasteiger partial charge < -0.3 is 14.2 Å². The lowest BCUT2D eigenvalue weighted by Gasteiger charge is -2.30. The van der Waals surface area contributed by atoms with Crippen molar-refractivity contribution in [1.82, 2.24) is 0 Å². The van der Waals surface area contributed by atoms with Crippen LogP contribution in [0.1, 0.15) is 19.8 Å². The molecule has 1 heterocycles. The number of hydrogen-bond acceptors (Lipinski definition) is 4. The van der Waals surface area contributed by atoms with Crippen LogP contribution in [0.5, 0.6) is 0 Å². The van der Waals surface area contributed by atoms with E-state index in [1.807, 2.05) is 0 Å². The quantitative estimate of drug-likeness (QED) is 0.506. The molecule has 1 aliphatic heterocycles. The first-order valence-corrected chi connectivity index (χ1v) is 4.75. The topological polar surface area (TPSA) is 44.8 Å². The van der Waals surface area contributed by atoms with Crippen molar-refractivity contribution in [2.75, 3.05) is 13.2 Å². The normalized spacial score (nSPS) is 26.9. The van der Waals surface area contributed by atoms with E-state index in [0.717, 1.165) is 12.8 Å². The third-order valence-electron chi connectivity index (χ3n) is 1.91. The van der Waals surface area contributed by atoms with Crippen LogP contribution >= 0.6 is 0 Å². The molecule has 1 aliphatic rings. The van der Waals surface area contributed by atoms with Crippen LogP contribution in [0, 0.1) is 0 Å². The number of ether oxygens (including phenoxy) is 3. The zero-order valence-corrected chi connectivity index (χ0v) is 8.40. The van der Waals surface area contributed by atoms with Crippen LogP contribution < -0.4 is 0 Å². The van der Waals surface area contributed by atoms with Crippen molar-refractivity contribution in [3.05, 3.63) is 12.7 Å². The fourth-order valence-electron chi connectivity index (χ4n) is 1.37. The monoisotopic (exact) mass is 200 g/mol. The number of hydrogen-bond donors (Lipinski definition) is 0. The summed E-state index contributed by atoms with van der Waals surface area (Å²) in [5.41, 5.74) is 0. The second-order valence-electron chi connectivity index (χ2n) is 3.15. The summed E-state index contributed by atoms with van der Waals surface area (Å²) in [7, 11) is 0. The molecule has 0 aromatic carbocycles. The molecule has 0 unspecified atom stereocenters. The van der Waals surface area contributed by atoms with Crippen LogP contribution in [-0.4, -0.2) is 31.6 Å². The number of esters is 1. The molecule has 0 spiro atoms. The molecule has 0 aromatic rings. The lowest BCUT2D eigenvalue weighted by molar-refractivity contribution is -0.221. The van der Waals surface area contributed by atoms with Gasteiger partial charge in [0.25, 0.3) is 0 Å². The first-order valence-electron chi connectivity index (χ1n) is 4.75. The number of rotatable bonds is 4. The van der Waals surface area contributed by atoms with Gasteiger partial charge in [-0.05, 0) is 12.8 Å². The number of carbonyl (C=O) groups is 1. The van der Waals surface area contributed by atoms with Crippen LogP contribution in [0.15, 0.2) is 12.7 Å². The molecule has 1 fully saturated rings. The molecule has 2 atom stereocenters. The second-order valence-corrected chi connectivity index (χ2v) is 3.15. The Morgan fingerprint density at radius 1 is 1.71 bits per heavy atom. The minimum absolute atomic E-state index is 0.277. The Morgan fingerprint density at radius 2 is 2.50 bits per heavy atom. The summed E-state index contributed by atoms with van der Waals surface area (Å²) in [6, 6.07) is 0. The van der Waals surface area contributed by atoms with Gasteiger partial charge >= 0.3 is 5.97 Å². The maximum Gasteiger partial charge on any atom is 0.303 e. The average molecular weight is 200 g/mol. The van der Waals surface area contributed by atoms with Crippen LogP contribution in [0.4, 0.5) is 0 Å². The molecule has 0 aliphatic carbocycles. The van der Waals surface area contributed by atoms with Crippen molar-refractivity contribution in [2.45, 2.75) is 32.2 Å². The Balaban J connectivity index is 2.41. The van der Waals surface area contributed by atoms with E-state index in [9.17, 15) is 4.79 Å². The van der Waals surface area contributed by atoms with E-state index in [1.54, 1.807) is 6.08 Å². The fourth-order valence-corrected chi connectivity index (χ4v) is 1.37. The van der Waals surface area contributed by atoms with Gasteiger partial charge in [-0.25, -0.2) is 0 Å². The van der Waals surface area contributed by atoms with Gasteiger partial charge in [-0.1, -0.05) is 6.08 Å². The molecule has 0 bridgehead atoms. The molecule has 0 saturated carbocycles. The molecule has 1 rings (SSSR count). The summed E-state index contributed by atoms with van der Waals surface area (Å²) < 4.78 is 15.8. The summed E-state index contributed by atoms with van der Waals surface area (Å²) in [5, 5.41) is 0. The molecule has 0 N–H and O–H groups in total. The summed E-state index contributed by atoms with van der Waals surface area (Å²) in [5.74, 6) is -0.298. The van der Waals surface area contributed by atoms with Gasteiger partial charge in [0.1, 0.15) is 0 Å². The molecular formula is C10H16O4. The van der Waals surface area contributed by atoms with E-state index in [2.05, 4.69) is 6.58 Å². The summed E-state index contributed by atoms with van der Waals surface area (Å²) in [4.78, 5) is 10.8. The van der Waals surface area contributed by atoms with Gasteiger partial charge in [0.2, 0.25) is 0 Å². The van der Waals surface area contributed by atoms with E-state index in [-0.39, 0.29) is 12.1 Å². The summed E-state index contributed by atoms with van der Waals surface area (Å²) in [6.45, 7) is 5.99. The smallest absolute Gasteiger partial charge is 0.303 e. The molecule has 4 heteroatoms. The zero-order valence-electron chi connectivity index (χ0n) is 8.40. The Hall–Kier alpha value is -0.870. The van der Waals surface area contributed by atoms with Crippen LogP contribution in [-0.2, 0) is 19.0 Å². The van der Waals surface area contributed by atoms with E-state index in [4.69, 9.17) is 14.2 Å². The Labute approximate surface area is 83.8 Å². The predicted molar refractivity (Wildman–Crippen MR) is 50.7 cm³/mol. The third kappa shape index (κ3) is 3.47. The van der Waals surface area contributed by atoms with E-state index in [0.29, 0.717) is 13.2 Å². The third-order valence-corrected chi connectivity index (χ3v) is 1.91. The van der Waals surface area contributed by atoms with Crippen molar-refractivity contribution in [1.29, 1.82) is 0 Å². The molecule has 0 aromatic heterocycles. The average Bonchev–Trinajstić information content (AvgIpc) is 2.16. The largest absolute Gasteiger partial charge is 0.457 e. The Kier molecular flexibility index (Phi) is 4.62. The van der Waals surface area contributed by atoms with Gasteiger partial charge in [-0.3, -0.25) is 4.79 Å². The minimum Gasteiger partial charge on any atom is -0.457 e. The lowest BCUT2D eigenvalue weighted by atomic mass is 10.1. The fraction of sp³-hybridized carbons (Fsp3) is 0.700. The van der Waals surface area contributed by atoms with Gasteiger partial charge in [0, 0.05) is 6.92 Å². The van der Waals surface area contributed by atoms with Crippen LogP contribution in [0.2, 0.25) is 0 Å². The maximum atomic E-state index is 10.8. The van der Waals surface area contributed by atoms with Gasteiger partial charge in [-0.15, -0.1) is 6.58 Å². The van der Waals surface area contributed by atoms with E-state index in [1.165, 1.54) is 6.92 Å². The summed E-state index contributed by atoms with van der Waals surface area (Å²) >= 11 is 0. The SMILES string of the molecule is C=CCO[C@@H]1OCCC[C@H]1OC(C)=O. The molecule has 1 saturated heterocycles. The predicted octanol–water partition coefficient (Wildman–Crippen LogP) is 1.26. The minimum atomic E-state index is -0.439. The molecule has 0 radical (unpaired) electrons. The van der Waals surface area contributed by atoms with Crippen molar-refractivity contribution in [3.8, 4) is 0 Å². The van der Waals surface area contributed by atoms with Crippen molar-refractivity contribution in [3.63, 3.8) is 0 Å². The molecule has 0 amide bonds. The molecule has 14 heavy (non-hydrogen) atoms. The van der Waals surface area contributed by atoms with Crippen LogP contribution in [0.3, 0.4) is 0 Å². The first-order chi connectivity index (χ1) is 6.74. The van der Waals surface area contributed by atoms with Crippen molar-refractivity contribution in [2.24, 2.45) is 0 Å². The van der Waals surface area contributed by atoms with Crippen LogP contribution in [0.25, 0.3) is 0 Å². The van der Waals surface area contributed by atoms with E-state index < -0.39 is 6.29 Å². The highest BCUT2D eigenvalue weighted by Crippen LogP contribution is 2.18. The summed E-state index contributed by atoms with van der Waals surface area (Å²) in [6.07, 6.45) is 2.61. The highest BCUT2D eigenvalue weighted by atomic mass is 16.7. The maximum absolute atomic E-state index is 10.8. The Morgan fingerprint density at radius 3 is 3.14 bits per heavy atom. The highest BCUT2D eigenvalue weighted by Gasteiger charge is 2.28. The molecular weight excluding hydrogens is 184 g/mol. The molecule has 80 valence electrons. The van der Waals surface area contributed by atoms with Gasteiger partial charge in [0.15, 0.2) is 12.4 Å². The first kappa shape index (κ1) is 11.2. The number of carbonyl (C=O) groups excluding carboxylic acids is 1. The Bertz CT molecular complexity index is 202. The standard InChI is InChI=1S/C10H16O4/c1-3-6-12-10-9(14-8(2)11)5-4-7-13-10/h3,9-10H,1,4-7H2,2H3/t9-,10-/m1/s1. The zero-order chi connectivity index (χ0) is 10.4. The van der Waals surface area contributed by atoms with Crippen molar-refractivity contribution < 1.29 is 19.0 Å². The second kappa shape index (κ2) is 5.78. The molecule has 4 nitrogen and oxygen atoms in total. The van der Waals surface area contributed by atoms with E-state index >= 15 is 0 Å². The van der Waals surface area contributed by atoms with Crippen molar-refractivity contribution >= 4 is 5.97 Å². The lowest BCUT2D eigenvalue weighted by Crippen LogP contribution is -2.39. The van der Waals surface area contributed by atoms with Gasteiger partial charge in [0.05, 0.1) is 13.2 Å². The highest BCUT2D eigenvalue weighted by molar-refractivity contribution is 5.66. The van der Waals surface area contributed by atoms with Gasteiger partial charge in [-0.2, -0.15) is 0 Å².